The van der Waals surface area contributed by atoms with Crippen LogP contribution < -0.4 is 16.0 Å². The van der Waals surface area contributed by atoms with Gasteiger partial charge in [-0.15, -0.1) is 12.4 Å². The lowest BCUT2D eigenvalue weighted by atomic mass is 9.98. The normalized spacial score (nSPS) is 13.8. The smallest absolute Gasteiger partial charge is 0.251 e. The van der Waals surface area contributed by atoms with Crippen molar-refractivity contribution in [2.24, 2.45) is 5.92 Å². The Morgan fingerprint density at radius 3 is 2.62 bits per heavy atom. The van der Waals surface area contributed by atoms with E-state index in [2.05, 4.69) is 16.0 Å². The van der Waals surface area contributed by atoms with Gasteiger partial charge in [-0.2, -0.15) is 0 Å². The van der Waals surface area contributed by atoms with E-state index in [-0.39, 0.29) is 35.7 Å². The SMILES string of the molecule is Cc1cccc(C(=O)NC(C(=O)Nc2ccc3c(c2F)CCNC3)C(C)C)c1.Cl. The number of nitrogens with one attached hydrogen (secondary N) is 3. The van der Waals surface area contributed by atoms with Crippen LogP contribution in [0.25, 0.3) is 0 Å². The fraction of sp³-hybridized carbons (Fsp3) is 0.364. The second kappa shape index (κ2) is 9.85. The highest BCUT2D eigenvalue weighted by Gasteiger charge is 2.26. The minimum atomic E-state index is -0.773. The Bertz CT molecular complexity index is 902. The van der Waals surface area contributed by atoms with Crippen LogP contribution in [0.5, 0.6) is 0 Å². The molecule has 7 heteroatoms. The lowest BCUT2D eigenvalue weighted by molar-refractivity contribution is -0.118. The van der Waals surface area contributed by atoms with E-state index < -0.39 is 11.9 Å². The van der Waals surface area contributed by atoms with Gasteiger partial charge in [0.1, 0.15) is 11.9 Å². The molecule has 0 spiro atoms. The fourth-order valence-corrected chi connectivity index (χ4v) is 3.39. The van der Waals surface area contributed by atoms with Gasteiger partial charge in [0, 0.05) is 12.1 Å². The molecule has 1 unspecified atom stereocenters. The summed E-state index contributed by atoms with van der Waals surface area (Å²) in [5.74, 6) is -1.29. The number of hydrogen-bond acceptors (Lipinski definition) is 3. The number of fused-ring (bicyclic) bond motifs is 1. The first-order valence-corrected chi connectivity index (χ1v) is 9.56. The average molecular weight is 420 g/mol. The Hall–Kier alpha value is -2.44. The maximum atomic E-state index is 14.8. The molecule has 3 rings (SSSR count). The van der Waals surface area contributed by atoms with Crippen molar-refractivity contribution in [3.05, 3.63) is 64.5 Å². The van der Waals surface area contributed by atoms with Crippen LogP contribution >= 0.6 is 12.4 Å². The van der Waals surface area contributed by atoms with E-state index in [1.165, 1.54) is 0 Å². The summed E-state index contributed by atoms with van der Waals surface area (Å²) >= 11 is 0. The minimum Gasteiger partial charge on any atom is -0.340 e. The van der Waals surface area contributed by atoms with Crippen molar-refractivity contribution in [2.75, 3.05) is 11.9 Å². The lowest BCUT2D eigenvalue weighted by Gasteiger charge is -2.23. The van der Waals surface area contributed by atoms with Crippen LogP contribution in [0.1, 0.15) is 40.9 Å². The Morgan fingerprint density at radius 2 is 1.93 bits per heavy atom. The molecule has 2 aromatic rings. The number of benzene rings is 2. The van der Waals surface area contributed by atoms with Gasteiger partial charge >= 0.3 is 0 Å². The van der Waals surface area contributed by atoms with Crippen LogP contribution in [-0.4, -0.2) is 24.4 Å². The van der Waals surface area contributed by atoms with E-state index in [9.17, 15) is 14.0 Å². The fourth-order valence-electron chi connectivity index (χ4n) is 3.39. The molecule has 29 heavy (non-hydrogen) atoms. The average Bonchev–Trinajstić information content (AvgIpc) is 2.68. The molecule has 156 valence electrons. The van der Waals surface area contributed by atoms with Crippen molar-refractivity contribution in [1.29, 1.82) is 0 Å². The molecule has 0 saturated heterocycles. The molecular weight excluding hydrogens is 393 g/mol. The minimum absolute atomic E-state index is 0. The van der Waals surface area contributed by atoms with Gasteiger partial charge in [-0.25, -0.2) is 4.39 Å². The third-order valence-electron chi connectivity index (χ3n) is 4.98. The zero-order chi connectivity index (χ0) is 20.3. The van der Waals surface area contributed by atoms with Crippen molar-refractivity contribution in [1.82, 2.24) is 10.6 Å². The van der Waals surface area contributed by atoms with Crippen molar-refractivity contribution in [2.45, 2.75) is 39.8 Å². The molecule has 0 bridgehead atoms. The third-order valence-corrected chi connectivity index (χ3v) is 4.98. The molecule has 0 radical (unpaired) electrons. The first-order chi connectivity index (χ1) is 13.4. The van der Waals surface area contributed by atoms with Crippen molar-refractivity contribution in [3.8, 4) is 0 Å². The molecule has 1 aliphatic heterocycles. The number of anilines is 1. The summed E-state index contributed by atoms with van der Waals surface area (Å²) in [5.41, 5.74) is 3.16. The van der Waals surface area contributed by atoms with Crippen LogP contribution in [0.4, 0.5) is 10.1 Å². The Kier molecular flexibility index (Phi) is 7.76. The summed E-state index contributed by atoms with van der Waals surface area (Å²) in [7, 11) is 0. The zero-order valence-corrected chi connectivity index (χ0v) is 17.7. The molecule has 2 aromatic carbocycles. The number of rotatable bonds is 5. The van der Waals surface area contributed by atoms with Crippen LogP contribution in [0.15, 0.2) is 36.4 Å². The third kappa shape index (κ3) is 5.34. The summed E-state index contributed by atoms with van der Waals surface area (Å²) in [5, 5.41) is 8.64. The zero-order valence-electron chi connectivity index (χ0n) is 16.8. The molecule has 1 heterocycles. The molecule has 5 nitrogen and oxygen atoms in total. The van der Waals surface area contributed by atoms with E-state index in [1.807, 2.05) is 32.9 Å². The maximum Gasteiger partial charge on any atom is 0.251 e. The molecule has 1 aliphatic rings. The van der Waals surface area contributed by atoms with Gasteiger partial charge in [0.25, 0.3) is 5.91 Å². The van der Waals surface area contributed by atoms with Gasteiger partial charge in [0.15, 0.2) is 0 Å². The number of hydrogen-bond donors (Lipinski definition) is 3. The lowest BCUT2D eigenvalue weighted by Crippen LogP contribution is -2.47. The van der Waals surface area contributed by atoms with Crippen LogP contribution in [-0.2, 0) is 17.8 Å². The Labute approximate surface area is 176 Å². The van der Waals surface area contributed by atoms with Crippen molar-refractivity contribution < 1.29 is 14.0 Å². The van der Waals surface area contributed by atoms with Crippen molar-refractivity contribution in [3.63, 3.8) is 0 Å². The van der Waals surface area contributed by atoms with Gasteiger partial charge < -0.3 is 16.0 Å². The standard InChI is InChI=1S/C22H26FN3O2.ClH/c1-13(2)20(26-21(27)15-6-4-5-14(3)11-15)22(28)25-18-8-7-16-12-24-10-9-17(16)19(18)23;/h4-8,11,13,20,24H,9-10,12H2,1-3H3,(H,25,28)(H,26,27);1H. The molecule has 0 saturated carbocycles. The van der Waals surface area contributed by atoms with Gasteiger partial charge in [-0.3, -0.25) is 9.59 Å². The number of aryl methyl sites for hydroxylation is 1. The number of amides is 2. The summed E-state index contributed by atoms with van der Waals surface area (Å²) in [4.78, 5) is 25.4. The number of carbonyl (C=O) groups is 2. The van der Waals surface area contributed by atoms with E-state index in [4.69, 9.17) is 0 Å². The first-order valence-electron chi connectivity index (χ1n) is 9.56. The van der Waals surface area contributed by atoms with Gasteiger partial charge in [-0.05, 0) is 55.1 Å². The van der Waals surface area contributed by atoms with E-state index in [0.29, 0.717) is 30.6 Å². The Balaban J connectivity index is 0.00000300. The van der Waals surface area contributed by atoms with Gasteiger partial charge in [0.2, 0.25) is 5.91 Å². The molecular formula is C22H27ClFN3O2. The first kappa shape index (κ1) is 22.8. The largest absolute Gasteiger partial charge is 0.340 e. The van der Waals surface area contributed by atoms with E-state index in [0.717, 1.165) is 11.1 Å². The number of carbonyl (C=O) groups excluding carboxylic acids is 2. The summed E-state index contributed by atoms with van der Waals surface area (Å²) in [6, 6.07) is 9.81. The highest BCUT2D eigenvalue weighted by Crippen LogP contribution is 2.25. The summed E-state index contributed by atoms with van der Waals surface area (Å²) in [6.07, 6.45) is 0.586. The summed E-state index contributed by atoms with van der Waals surface area (Å²) < 4.78 is 14.8. The quantitative estimate of drug-likeness (QED) is 0.693. The van der Waals surface area contributed by atoms with Crippen LogP contribution in [0, 0.1) is 18.7 Å². The second-order valence-corrected chi connectivity index (χ2v) is 7.55. The topological polar surface area (TPSA) is 70.2 Å². The molecule has 2 amide bonds. The monoisotopic (exact) mass is 419 g/mol. The maximum absolute atomic E-state index is 14.8. The number of halogens is 2. The van der Waals surface area contributed by atoms with Crippen LogP contribution in [0.2, 0.25) is 0 Å². The highest BCUT2D eigenvalue weighted by atomic mass is 35.5. The molecule has 0 aliphatic carbocycles. The van der Waals surface area contributed by atoms with E-state index in [1.54, 1.807) is 24.3 Å². The van der Waals surface area contributed by atoms with Gasteiger partial charge in [0.05, 0.1) is 5.69 Å². The molecule has 1 atom stereocenters. The molecule has 0 aromatic heterocycles. The predicted molar refractivity (Wildman–Crippen MR) is 115 cm³/mol. The van der Waals surface area contributed by atoms with Crippen LogP contribution in [0.3, 0.4) is 0 Å². The Morgan fingerprint density at radius 1 is 1.17 bits per heavy atom. The van der Waals surface area contributed by atoms with E-state index >= 15 is 0 Å². The second-order valence-electron chi connectivity index (χ2n) is 7.55. The molecule has 0 fully saturated rings. The highest BCUT2D eigenvalue weighted by molar-refractivity contribution is 6.01. The molecule has 3 N–H and O–H groups in total. The van der Waals surface area contributed by atoms with Crippen molar-refractivity contribution >= 4 is 29.9 Å². The summed E-state index contributed by atoms with van der Waals surface area (Å²) in [6.45, 7) is 6.92. The van der Waals surface area contributed by atoms with Gasteiger partial charge in [-0.1, -0.05) is 37.6 Å². The predicted octanol–water partition coefficient (Wildman–Crippen LogP) is 3.59.